The number of carbonyl (C=O) groups is 3. The molecule has 0 atom stereocenters. The molecule has 26 heavy (non-hydrogen) atoms. The van der Waals surface area contributed by atoms with Gasteiger partial charge in [-0.15, -0.1) is 15.3 Å². The summed E-state index contributed by atoms with van der Waals surface area (Å²) in [5.74, 6) is -1.59. The largest absolute Gasteiger partial charge is 0.358 e. The molecule has 2 aromatic rings. The third kappa shape index (κ3) is 3.48. The van der Waals surface area contributed by atoms with Crippen molar-refractivity contribution in [2.45, 2.75) is 6.42 Å². The molecule has 1 aliphatic rings. The molecule has 0 fully saturated rings. The molecular weight excluding hydrogens is 350 g/mol. The van der Waals surface area contributed by atoms with Crippen molar-refractivity contribution in [3.63, 3.8) is 0 Å². The molecule has 132 valence electrons. The van der Waals surface area contributed by atoms with Gasteiger partial charge < -0.3 is 20.7 Å². The van der Waals surface area contributed by atoms with Crippen LogP contribution in [0.3, 0.4) is 0 Å². The van der Waals surface area contributed by atoms with Crippen LogP contribution in [0.4, 0.5) is 11.6 Å². The lowest BCUT2D eigenvalue weighted by Crippen LogP contribution is -2.30. The Morgan fingerprint density at radius 2 is 1.96 bits per heavy atom. The monoisotopic (exact) mass is 359 g/mol. The Kier molecular flexibility index (Phi) is 4.29. The van der Waals surface area contributed by atoms with E-state index in [4.69, 9.17) is 0 Å². The Bertz CT molecular complexity index is 969. The summed E-state index contributed by atoms with van der Waals surface area (Å²) >= 11 is 0. The van der Waals surface area contributed by atoms with Crippen molar-refractivity contribution in [3.8, 4) is 0 Å². The van der Waals surface area contributed by atoms with Gasteiger partial charge in [-0.05, 0) is 4.92 Å². The van der Waals surface area contributed by atoms with E-state index in [0.29, 0.717) is 6.29 Å². The van der Waals surface area contributed by atoms with Crippen LogP contribution in [0, 0.1) is 10.1 Å². The van der Waals surface area contributed by atoms with Gasteiger partial charge in [-0.2, -0.15) is 5.10 Å². The number of aromatic nitrogens is 4. The minimum absolute atomic E-state index is 0.00370. The van der Waals surface area contributed by atoms with Gasteiger partial charge in [0, 0.05) is 6.07 Å². The highest BCUT2D eigenvalue weighted by Gasteiger charge is 2.20. The standard InChI is InChI=1S/C12H9N9O5/c22-4-5-1-8(18-15-5)13-11(23)6-2-9(19-16-6)14-12(24)7-3-10(20-17-7)21(25)26/h2-4H,1H2,(H,17,20)(H,13,18,23)(H2,14,16,19,24). The number of nitrogens with zero attached hydrogens (tertiary/aromatic N) is 5. The number of anilines is 1. The maximum atomic E-state index is 12.0. The van der Waals surface area contributed by atoms with Crippen LogP contribution < -0.4 is 10.6 Å². The average Bonchev–Trinajstić information content (AvgIpc) is 3.35. The van der Waals surface area contributed by atoms with Crippen LogP contribution in [0.15, 0.2) is 22.3 Å². The molecule has 0 bridgehead atoms. The maximum Gasteiger partial charge on any atom is 0.343 e. The molecule has 3 heterocycles. The predicted molar refractivity (Wildman–Crippen MR) is 84.8 cm³/mol. The van der Waals surface area contributed by atoms with Gasteiger partial charge in [0.1, 0.15) is 17.2 Å². The highest BCUT2D eigenvalue weighted by molar-refractivity contribution is 6.35. The van der Waals surface area contributed by atoms with E-state index in [0.717, 1.165) is 6.07 Å². The van der Waals surface area contributed by atoms with Crippen molar-refractivity contribution in [1.29, 1.82) is 0 Å². The lowest BCUT2D eigenvalue weighted by molar-refractivity contribution is -0.389. The SMILES string of the molecule is O=CC1=NN=C(NC(=O)c2cc(NC(=O)c3cc([N+](=O)[O-])[nH]n3)n[nH]2)C1. The number of H-pyrrole nitrogens is 2. The molecule has 0 aliphatic carbocycles. The highest BCUT2D eigenvalue weighted by atomic mass is 16.6. The summed E-state index contributed by atoms with van der Waals surface area (Å²) in [6.07, 6.45) is 0.636. The Morgan fingerprint density at radius 1 is 1.15 bits per heavy atom. The van der Waals surface area contributed by atoms with Gasteiger partial charge in [-0.1, -0.05) is 5.10 Å². The summed E-state index contributed by atoms with van der Waals surface area (Å²) in [7, 11) is 0. The zero-order valence-electron chi connectivity index (χ0n) is 12.7. The summed E-state index contributed by atoms with van der Waals surface area (Å²) in [4.78, 5) is 44.4. The van der Waals surface area contributed by atoms with Crippen LogP contribution in [0.2, 0.25) is 0 Å². The molecule has 14 heteroatoms. The molecule has 0 aromatic carbocycles. The molecule has 0 saturated carbocycles. The number of aldehydes is 1. The van der Waals surface area contributed by atoms with Crippen molar-refractivity contribution in [2.75, 3.05) is 5.32 Å². The minimum Gasteiger partial charge on any atom is -0.358 e. The number of rotatable bonds is 5. The second-order valence-corrected chi connectivity index (χ2v) is 4.90. The molecule has 14 nitrogen and oxygen atoms in total. The first-order valence-electron chi connectivity index (χ1n) is 6.92. The van der Waals surface area contributed by atoms with Gasteiger partial charge in [0.25, 0.3) is 11.8 Å². The van der Waals surface area contributed by atoms with Crippen LogP contribution in [0.1, 0.15) is 27.4 Å². The minimum atomic E-state index is -0.753. The smallest absolute Gasteiger partial charge is 0.343 e. The van der Waals surface area contributed by atoms with Crippen molar-refractivity contribution in [2.24, 2.45) is 10.2 Å². The molecule has 0 radical (unpaired) electrons. The van der Waals surface area contributed by atoms with Crippen LogP contribution in [-0.2, 0) is 4.79 Å². The Labute approximate surface area is 142 Å². The summed E-state index contributed by atoms with van der Waals surface area (Å²) in [5, 5.41) is 34.3. The van der Waals surface area contributed by atoms with Crippen molar-refractivity contribution in [3.05, 3.63) is 33.6 Å². The summed E-state index contributed by atoms with van der Waals surface area (Å²) < 4.78 is 0. The molecular formula is C12H9N9O5. The Morgan fingerprint density at radius 3 is 2.62 bits per heavy atom. The number of amides is 2. The fourth-order valence-corrected chi connectivity index (χ4v) is 1.90. The molecule has 0 saturated heterocycles. The van der Waals surface area contributed by atoms with Crippen molar-refractivity contribution >= 4 is 41.3 Å². The normalized spacial score (nSPS) is 12.9. The van der Waals surface area contributed by atoms with E-state index in [2.05, 4.69) is 41.2 Å². The zero-order chi connectivity index (χ0) is 18.7. The number of nitrogens with one attached hydrogen (secondary N) is 4. The zero-order valence-corrected chi connectivity index (χ0v) is 12.7. The molecule has 0 unspecified atom stereocenters. The van der Waals surface area contributed by atoms with Crippen molar-refractivity contribution in [1.82, 2.24) is 25.7 Å². The number of hydrogen-bond acceptors (Lipinski definition) is 9. The first-order valence-corrected chi connectivity index (χ1v) is 6.92. The van der Waals surface area contributed by atoms with Gasteiger partial charge in [-0.25, -0.2) is 0 Å². The second kappa shape index (κ2) is 6.71. The summed E-state index contributed by atoms with van der Waals surface area (Å²) in [6.45, 7) is 0. The van der Waals surface area contributed by atoms with E-state index in [-0.39, 0.29) is 35.2 Å². The Balaban J connectivity index is 1.60. The van der Waals surface area contributed by atoms with E-state index in [1.807, 2.05) is 0 Å². The topological polar surface area (TPSA) is 200 Å². The number of aromatic amines is 2. The van der Waals surface area contributed by atoms with Gasteiger partial charge in [0.05, 0.1) is 12.5 Å². The summed E-state index contributed by atoms with van der Waals surface area (Å²) in [5.41, 5.74) is -0.0222. The van der Waals surface area contributed by atoms with Gasteiger partial charge in [0.2, 0.25) is 0 Å². The lowest BCUT2D eigenvalue weighted by atomic mass is 10.3. The number of amidine groups is 1. The predicted octanol–water partition coefficient (Wildman–Crippen LogP) is -0.620. The molecule has 1 aliphatic heterocycles. The van der Waals surface area contributed by atoms with E-state index >= 15 is 0 Å². The molecule has 2 aromatic heterocycles. The first kappa shape index (κ1) is 16.6. The van der Waals surface area contributed by atoms with Crippen molar-refractivity contribution < 1.29 is 19.3 Å². The van der Waals surface area contributed by atoms with E-state index in [1.165, 1.54) is 6.07 Å². The molecule has 2 amide bonds. The van der Waals surface area contributed by atoms with Gasteiger partial charge >= 0.3 is 5.82 Å². The molecule has 0 spiro atoms. The average molecular weight is 359 g/mol. The van der Waals surface area contributed by atoms with Crippen LogP contribution in [0.25, 0.3) is 0 Å². The Hall–Kier alpha value is -4.23. The second-order valence-electron chi connectivity index (χ2n) is 4.90. The first-order chi connectivity index (χ1) is 12.5. The fourth-order valence-electron chi connectivity index (χ4n) is 1.90. The number of carbonyl (C=O) groups excluding carboxylic acids is 3. The third-order valence-electron chi connectivity index (χ3n) is 3.10. The van der Waals surface area contributed by atoms with E-state index in [1.54, 1.807) is 0 Å². The number of nitro groups is 1. The van der Waals surface area contributed by atoms with Gasteiger partial charge in [-0.3, -0.25) is 19.5 Å². The van der Waals surface area contributed by atoms with E-state index in [9.17, 15) is 24.5 Å². The summed E-state index contributed by atoms with van der Waals surface area (Å²) in [6, 6.07) is 2.20. The molecule has 4 N–H and O–H groups in total. The highest BCUT2D eigenvalue weighted by Crippen LogP contribution is 2.11. The fraction of sp³-hybridized carbons (Fsp3) is 0.0833. The number of hydrogen-bond donors (Lipinski definition) is 4. The van der Waals surface area contributed by atoms with Crippen LogP contribution in [-0.4, -0.2) is 55.0 Å². The van der Waals surface area contributed by atoms with Gasteiger partial charge in [0.15, 0.2) is 17.8 Å². The lowest BCUT2D eigenvalue weighted by Gasteiger charge is -2.00. The molecule has 3 rings (SSSR count). The maximum absolute atomic E-state index is 12.0. The van der Waals surface area contributed by atoms with E-state index < -0.39 is 22.6 Å². The van der Waals surface area contributed by atoms with Crippen LogP contribution in [0.5, 0.6) is 0 Å². The van der Waals surface area contributed by atoms with Crippen LogP contribution >= 0.6 is 0 Å². The third-order valence-corrected chi connectivity index (χ3v) is 3.10. The quantitative estimate of drug-likeness (QED) is 0.309.